The van der Waals surface area contributed by atoms with E-state index in [1.54, 1.807) is 34.9 Å². The molecule has 0 atom stereocenters. The number of rotatable bonds is 11. The van der Waals surface area contributed by atoms with Crippen molar-refractivity contribution >= 4 is 17.7 Å². The van der Waals surface area contributed by atoms with Crippen molar-refractivity contribution in [2.75, 3.05) is 25.4 Å². The highest BCUT2D eigenvalue weighted by atomic mass is 32.2. The van der Waals surface area contributed by atoms with Crippen molar-refractivity contribution in [1.29, 1.82) is 10.5 Å². The monoisotopic (exact) mass is 478 g/mol. The molecule has 0 radical (unpaired) electrons. The molecule has 1 aromatic heterocycles. The van der Waals surface area contributed by atoms with Gasteiger partial charge >= 0.3 is 0 Å². The van der Waals surface area contributed by atoms with E-state index in [-0.39, 0.29) is 43.3 Å². The number of hydrogen-bond acceptors (Lipinski definition) is 7. The molecule has 0 fully saturated rings. The van der Waals surface area contributed by atoms with Crippen LogP contribution in [-0.2, 0) is 4.79 Å². The largest absolute Gasteiger partial charge is 0.494 e. The van der Waals surface area contributed by atoms with Crippen LogP contribution < -0.4 is 4.74 Å². The average Bonchev–Trinajstić information content (AvgIpc) is 3.27. The van der Waals surface area contributed by atoms with E-state index in [9.17, 15) is 9.18 Å². The second kappa shape index (κ2) is 12.4. The number of amides is 1. The van der Waals surface area contributed by atoms with E-state index < -0.39 is 5.82 Å². The van der Waals surface area contributed by atoms with Gasteiger partial charge in [-0.3, -0.25) is 9.36 Å². The lowest BCUT2D eigenvalue weighted by atomic mass is 10.2. The molecule has 0 aliphatic heterocycles. The first-order valence-corrected chi connectivity index (χ1v) is 11.7. The summed E-state index contributed by atoms with van der Waals surface area (Å²) in [4.78, 5) is 14.2. The van der Waals surface area contributed by atoms with Gasteiger partial charge in [-0.25, -0.2) is 4.39 Å². The summed E-state index contributed by atoms with van der Waals surface area (Å²) >= 11 is 1.12. The van der Waals surface area contributed by atoms with Crippen LogP contribution in [0.1, 0.15) is 19.8 Å². The van der Waals surface area contributed by atoms with E-state index in [1.165, 1.54) is 11.0 Å². The minimum Gasteiger partial charge on any atom is -0.494 e. The summed E-state index contributed by atoms with van der Waals surface area (Å²) in [7, 11) is 0. The highest BCUT2D eigenvalue weighted by molar-refractivity contribution is 7.99. The predicted octanol–water partition coefficient (Wildman–Crippen LogP) is 4.22. The molecule has 0 aliphatic carbocycles. The minimum atomic E-state index is -0.452. The Hall–Kier alpha value is -3.89. The van der Waals surface area contributed by atoms with Gasteiger partial charge in [-0.15, -0.1) is 10.2 Å². The number of halogens is 1. The fraction of sp³-hybridized carbons (Fsp3) is 0.292. The van der Waals surface area contributed by atoms with Gasteiger partial charge in [0.05, 0.1) is 43.0 Å². The normalized spacial score (nSPS) is 10.4. The van der Waals surface area contributed by atoms with Crippen molar-refractivity contribution in [2.24, 2.45) is 0 Å². The third kappa shape index (κ3) is 6.12. The number of hydrogen-bond donors (Lipinski definition) is 0. The maximum absolute atomic E-state index is 14.8. The number of para-hydroxylation sites is 1. The van der Waals surface area contributed by atoms with Crippen molar-refractivity contribution in [3.63, 3.8) is 0 Å². The molecule has 174 valence electrons. The quantitative estimate of drug-likeness (QED) is 0.380. The molecule has 0 bridgehead atoms. The van der Waals surface area contributed by atoms with Gasteiger partial charge in [0, 0.05) is 18.7 Å². The SMILES string of the molecule is CCOc1ccc(-c2nnc(SCC(=O)N(CCC#N)CCC#N)n2-c2ccccc2F)cc1. The molecule has 0 saturated carbocycles. The zero-order chi connectivity index (χ0) is 24.3. The van der Waals surface area contributed by atoms with Crippen LogP contribution in [0.5, 0.6) is 5.75 Å². The molecule has 1 heterocycles. The number of thioether (sulfide) groups is 1. The maximum atomic E-state index is 14.8. The standard InChI is InChI=1S/C24H23FN6O2S/c1-2-33-19-11-9-18(10-12-19)23-28-29-24(31(23)21-8-4-3-7-20(21)25)34-17-22(32)30(15-5-13-26)16-6-14-27/h3-4,7-12H,2,5-6,15-17H2,1H3. The summed E-state index contributed by atoms with van der Waals surface area (Å²) in [5.74, 6) is 0.452. The zero-order valence-electron chi connectivity index (χ0n) is 18.6. The van der Waals surface area contributed by atoms with Gasteiger partial charge in [-0.1, -0.05) is 23.9 Å². The van der Waals surface area contributed by atoms with Crippen molar-refractivity contribution in [2.45, 2.75) is 24.9 Å². The second-order valence-corrected chi connectivity index (χ2v) is 7.98. The minimum absolute atomic E-state index is 0.00667. The molecule has 3 rings (SSSR count). The summed E-state index contributed by atoms with van der Waals surface area (Å²) in [6.45, 7) is 2.93. The van der Waals surface area contributed by atoms with Gasteiger partial charge < -0.3 is 9.64 Å². The Morgan fingerprint density at radius 2 is 1.76 bits per heavy atom. The number of carbonyl (C=O) groups excluding carboxylic acids is 1. The van der Waals surface area contributed by atoms with Crippen molar-refractivity contribution in [3.8, 4) is 35.0 Å². The van der Waals surface area contributed by atoms with E-state index in [0.29, 0.717) is 28.9 Å². The molecule has 2 aromatic carbocycles. The summed E-state index contributed by atoms with van der Waals surface area (Å²) in [6.07, 6.45) is 0.351. The maximum Gasteiger partial charge on any atom is 0.233 e. The molecule has 1 amide bonds. The van der Waals surface area contributed by atoms with Crippen molar-refractivity contribution < 1.29 is 13.9 Å². The Balaban J connectivity index is 1.90. The zero-order valence-corrected chi connectivity index (χ0v) is 19.5. The Morgan fingerprint density at radius 1 is 1.09 bits per heavy atom. The van der Waals surface area contributed by atoms with Crippen LogP contribution in [0, 0.1) is 28.5 Å². The summed E-state index contributed by atoms with van der Waals surface area (Å²) in [5, 5.41) is 26.6. The van der Waals surface area contributed by atoms with Gasteiger partial charge in [-0.05, 0) is 43.3 Å². The van der Waals surface area contributed by atoms with Crippen molar-refractivity contribution in [3.05, 3.63) is 54.3 Å². The van der Waals surface area contributed by atoms with E-state index in [4.69, 9.17) is 15.3 Å². The van der Waals surface area contributed by atoms with Gasteiger partial charge in [0.1, 0.15) is 11.6 Å². The first kappa shape index (κ1) is 24.7. The van der Waals surface area contributed by atoms with Gasteiger partial charge in [-0.2, -0.15) is 10.5 Å². The molecule has 34 heavy (non-hydrogen) atoms. The Labute approximate surface area is 201 Å². The Bertz CT molecular complexity index is 1180. The van der Waals surface area contributed by atoms with Gasteiger partial charge in [0.2, 0.25) is 5.91 Å². The number of benzene rings is 2. The highest BCUT2D eigenvalue weighted by Crippen LogP contribution is 2.30. The van der Waals surface area contributed by atoms with Crippen LogP contribution in [0.2, 0.25) is 0 Å². The molecule has 3 aromatic rings. The number of nitrogens with zero attached hydrogens (tertiary/aromatic N) is 6. The van der Waals surface area contributed by atoms with Crippen LogP contribution >= 0.6 is 11.8 Å². The number of carbonyl (C=O) groups is 1. The van der Waals surface area contributed by atoms with Gasteiger partial charge in [0.15, 0.2) is 11.0 Å². The number of ether oxygens (including phenoxy) is 1. The fourth-order valence-electron chi connectivity index (χ4n) is 3.22. The fourth-order valence-corrected chi connectivity index (χ4v) is 4.06. The summed E-state index contributed by atoms with van der Waals surface area (Å²) in [6, 6.07) is 17.5. The van der Waals surface area contributed by atoms with Gasteiger partial charge in [0.25, 0.3) is 0 Å². The van der Waals surface area contributed by atoms with Crippen LogP contribution in [0.15, 0.2) is 53.7 Å². The van der Waals surface area contributed by atoms with Crippen LogP contribution in [-0.4, -0.2) is 51.0 Å². The van der Waals surface area contributed by atoms with Crippen molar-refractivity contribution in [1.82, 2.24) is 19.7 Å². The molecular formula is C24H23FN6O2S. The first-order valence-electron chi connectivity index (χ1n) is 10.7. The predicted molar refractivity (Wildman–Crippen MR) is 126 cm³/mol. The van der Waals surface area contributed by atoms with Crippen LogP contribution in [0.25, 0.3) is 17.1 Å². The highest BCUT2D eigenvalue weighted by Gasteiger charge is 2.21. The molecule has 10 heteroatoms. The van der Waals surface area contributed by atoms with Crippen LogP contribution in [0.4, 0.5) is 4.39 Å². The Morgan fingerprint density at radius 3 is 2.38 bits per heavy atom. The lowest BCUT2D eigenvalue weighted by molar-refractivity contribution is -0.128. The van der Waals surface area contributed by atoms with E-state index >= 15 is 0 Å². The molecule has 0 N–H and O–H groups in total. The molecule has 0 aliphatic rings. The molecule has 8 nitrogen and oxygen atoms in total. The average molecular weight is 479 g/mol. The van der Waals surface area contributed by atoms with E-state index in [1.807, 2.05) is 31.2 Å². The molecule has 0 unspecified atom stereocenters. The van der Waals surface area contributed by atoms with E-state index in [2.05, 4.69) is 10.2 Å². The summed E-state index contributed by atoms with van der Waals surface area (Å²) < 4.78 is 21.8. The molecule has 0 spiro atoms. The van der Waals surface area contributed by atoms with Crippen LogP contribution in [0.3, 0.4) is 0 Å². The topological polar surface area (TPSA) is 108 Å². The number of aromatic nitrogens is 3. The van der Waals surface area contributed by atoms with E-state index in [0.717, 1.165) is 11.8 Å². The molecular weight excluding hydrogens is 455 g/mol. The summed E-state index contributed by atoms with van der Waals surface area (Å²) in [5.41, 5.74) is 0.971. The first-order chi connectivity index (χ1) is 16.6. The lowest BCUT2D eigenvalue weighted by Crippen LogP contribution is -2.34. The third-order valence-electron chi connectivity index (χ3n) is 4.81. The molecule has 0 saturated heterocycles. The lowest BCUT2D eigenvalue weighted by Gasteiger charge is -2.20. The third-order valence-corrected chi connectivity index (χ3v) is 5.73. The second-order valence-electron chi connectivity index (χ2n) is 7.04. The number of nitriles is 2. The smallest absolute Gasteiger partial charge is 0.233 e. The Kier molecular flexibility index (Phi) is 9.01.